The maximum absolute atomic E-state index is 2.62. The van der Waals surface area contributed by atoms with E-state index >= 15 is 0 Å². The van der Waals surface area contributed by atoms with E-state index in [0.29, 0.717) is 0 Å². The van der Waals surface area contributed by atoms with Crippen LogP contribution in [0.2, 0.25) is 0 Å². The molecule has 2 heteroatoms. The molecule has 356 valence electrons. The van der Waals surface area contributed by atoms with E-state index in [-0.39, 0.29) is 10.8 Å². The van der Waals surface area contributed by atoms with Gasteiger partial charge in [-0.1, -0.05) is 248 Å². The third-order valence-corrected chi connectivity index (χ3v) is 15.5. The van der Waals surface area contributed by atoms with Gasteiger partial charge < -0.3 is 9.47 Å². The van der Waals surface area contributed by atoms with E-state index < -0.39 is 0 Å². The van der Waals surface area contributed by atoms with E-state index in [2.05, 4.69) is 294 Å². The van der Waals surface area contributed by atoms with Crippen molar-refractivity contribution in [3.05, 3.63) is 254 Å². The molecule has 0 saturated carbocycles. The van der Waals surface area contributed by atoms with Gasteiger partial charge in [0.1, 0.15) is 0 Å². The van der Waals surface area contributed by atoms with Crippen LogP contribution in [0, 0.1) is 0 Å². The second kappa shape index (κ2) is 17.5. The largest absolute Gasteiger partial charge is 0.309 e. The van der Waals surface area contributed by atoms with Crippen molar-refractivity contribution >= 4 is 71.2 Å². The Balaban J connectivity index is 1.16. The molecule has 0 aliphatic heterocycles. The first-order chi connectivity index (χ1) is 36.0. The molecule has 0 aliphatic rings. The number of rotatable bonds is 8. The van der Waals surface area contributed by atoms with Crippen LogP contribution in [0.25, 0.3) is 104 Å². The summed E-state index contributed by atoms with van der Waals surface area (Å²) >= 11 is 0. The normalized spacial score (nSPS) is 12.2. The van der Waals surface area contributed by atoms with Gasteiger partial charge in [0.2, 0.25) is 0 Å². The molecule has 0 spiro atoms. The first-order valence-corrected chi connectivity index (χ1v) is 26.1. The second-order valence-electron chi connectivity index (χ2n) is 22.1. The highest BCUT2D eigenvalue weighted by Crippen LogP contribution is 2.55. The molecule has 1 aromatic heterocycles. The van der Waals surface area contributed by atoms with Crippen molar-refractivity contribution in [2.24, 2.45) is 0 Å². The molecule has 13 aromatic rings. The Hall–Kier alpha value is -8.72. The fraction of sp³-hybridized carbons (Fsp3) is 0.111. The van der Waals surface area contributed by atoms with Crippen LogP contribution in [0.4, 0.5) is 17.1 Å². The van der Waals surface area contributed by atoms with Gasteiger partial charge in [0.25, 0.3) is 0 Å². The monoisotopic (exact) mass is 950 g/mol. The molecule has 0 bridgehead atoms. The Morgan fingerprint density at radius 1 is 0.311 bits per heavy atom. The van der Waals surface area contributed by atoms with Crippen LogP contribution in [0.3, 0.4) is 0 Å². The van der Waals surface area contributed by atoms with Crippen LogP contribution in [0.5, 0.6) is 0 Å². The summed E-state index contributed by atoms with van der Waals surface area (Å²) in [4.78, 5) is 2.62. The van der Waals surface area contributed by atoms with Gasteiger partial charge in [0.15, 0.2) is 0 Å². The zero-order valence-electron chi connectivity index (χ0n) is 43.0. The summed E-state index contributed by atoms with van der Waals surface area (Å²) in [7, 11) is 0. The number of para-hydroxylation sites is 2. The lowest BCUT2D eigenvalue weighted by Gasteiger charge is -2.35. The molecular weight excluding hydrogens is 893 g/mol. The van der Waals surface area contributed by atoms with Crippen molar-refractivity contribution in [1.82, 2.24) is 4.57 Å². The average molecular weight is 951 g/mol. The summed E-state index contributed by atoms with van der Waals surface area (Å²) in [6.07, 6.45) is 0. The standard InChI is InChI=1S/C72H58N2/c1-71(2,3)53-37-43-65-61(45-53)62-46-54(72(4,5)6)38-44-66(62)73(65)63-41-35-51-34-40-60-64(42-36-52-33-39-59(63)67(51)68(52)60)74(69-55(47-21-11-7-12-22-47)29-19-30-56(69)48-23-13-8-14-24-48)70-57(49-25-15-9-16-26-49)31-20-32-58(70)50-27-17-10-18-28-50/h7-46H,1-6H3. The molecule has 0 saturated heterocycles. The van der Waals surface area contributed by atoms with Gasteiger partial charge in [0, 0.05) is 43.8 Å². The minimum atomic E-state index is 0.00970. The van der Waals surface area contributed by atoms with E-state index in [0.717, 1.165) is 61.6 Å². The fourth-order valence-corrected chi connectivity index (χ4v) is 11.7. The van der Waals surface area contributed by atoms with Crippen LogP contribution < -0.4 is 4.90 Å². The molecule has 12 aromatic carbocycles. The lowest BCUT2D eigenvalue weighted by molar-refractivity contribution is 0.590. The molecule has 0 aliphatic carbocycles. The molecule has 2 nitrogen and oxygen atoms in total. The van der Waals surface area contributed by atoms with Crippen molar-refractivity contribution in [1.29, 1.82) is 0 Å². The number of anilines is 3. The van der Waals surface area contributed by atoms with E-state index in [9.17, 15) is 0 Å². The van der Waals surface area contributed by atoms with Crippen LogP contribution in [0.15, 0.2) is 243 Å². The predicted molar refractivity (Wildman–Crippen MR) is 318 cm³/mol. The van der Waals surface area contributed by atoms with Crippen LogP contribution in [-0.4, -0.2) is 4.57 Å². The van der Waals surface area contributed by atoms with Crippen LogP contribution in [-0.2, 0) is 10.8 Å². The predicted octanol–water partition coefficient (Wildman–Crippen LogP) is 20.4. The molecule has 0 N–H and O–H groups in total. The van der Waals surface area contributed by atoms with Gasteiger partial charge in [-0.2, -0.15) is 0 Å². The number of fused-ring (bicyclic) bond motifs is 3. The highest BCUT2D eigenvalue weighted by Gasteiger charge is 2.30. The van der Waals surface area contributed by atoms with Gasteiger partial charge >= 0.3 is 0 Å². The minimum Gasteiger partial charge on any atom is -0.309 e. The Morgan fingerprint density at radius 3 is 1.08 bits per heavy atom. The van der Waals surface area contributed by atoms with Gasteiger partial charge in [-0.3, -0.25) is 0 Å². The molecule has 0 radical (unpaired) electrons. The van der Waals surface area contributed by atoms with Gasteiger partial charge in [0.05, 0.1) is 33.8 Å². The number of aromatic nitrogens is 1. The van der Waals surface area contributed by atoms with E-state index in [4.69, 9.17) is 0 Å². The third-order valence-electron chi connectivity index (χ3n) is 15.5. The van der Waals surface area contributed by atoms with E-state index in [1.54, 1.807) is 0 Å². The topological polar surface area (TPSA) is 8.17 Å². The maximum Gasteiger partial charge on any atom is 0.0619 e. The summed E-state index contributed by atoms with van der Waals surface area (Å²) < 4.78 is 2.53. The van der Waals surface area contributed by atoms with Gasteiger partial charge in [-0.25, -0.2) is 0 Å². The quantitative estimate of drug-likeness (QED) is 0.138. The van der Waals surface area contributed by atoms with Gasteiger partial charge in [-0.15, -0.1) is 0 Å². The summed E-state index contributed by atoms with van der Waals surface area (Å²) in [6.45, 7) is 13.9. The number of benzene rings is 12. The van der Waals surface area contributed by atoms with Crippen molar-refractivity contribution in [3.63, 3.8) is 0 Å². The van der Waals surface area contributed by atoms with Crippen LogP contribution >= 0.6 is 0 Å². The van der Waals surface area contributed by atoms with Crippen molar-refractivity contribution in [3.8, 4) is 50.2 Å². The highest BCUT2D eigenvalue weighted by molar-refractivity contribution is 6.28. The molecule has 0 unspecified atom stereocenters. The van der Waals surface area contributed by atoms with Crippen molar-refractivity contribution in [2.75, 3.05) is 4.90 Å². The average Bonchev–Trinajstić information content (AvgIpc) is 3.80. The zero-order valence-corrected chi connectivity index (χ0v) is 43.0. The Morgan fingerprint density at radius 2 is 0.676 bits per heavy atom. The van der Waals surface area contributed by atoms with Crippen molar-refractivity contribution in [2.45, 2.75) is 52.4 Å². The summed E-state index contributed by atoms with van der Waals surface area (Å²) in [5.74, 6) is 0. The smallest absolute Gasteiger partial charge is 0.0619 e. The molecule has 0 atom stereocenters. The highest BCUT2D eigenvalue weighted by atomic mass is 15.2. The molecule has 13 rings (SSSR count). The molecule has 74 heavy (non-hydrogen) atoms. The van der Waals surface area contributed by atoms with Gasteiger partial charge in [-0.05, 0) is 102 Å². The Labute approximate surface area is 434 Å². The number of nitrogens with zero attached hydrogens (tertiary/aromatic N) is 2. The zero-order chi connectivity index (χ0) is 50.3. The van der Waals surface area contributed by atoms with E-state index in [1.165, 1.54) is 70.9 Å². The Kier molecular flexibility index (Phi) is 10.7. The van der Waals surface area contributed by atoms with Crippen molar-refractivity contribution < 1.29 is 0 Å². The van der Waals surface area contributed by atoms with E-state index in [1.807, 2.05) is 0 Å². The minimum absolute atomic E-state index is 0.00970. The fourth-order valence-electron chi connectivity index (χ4n) is 11.7. The third kappa shape index (κ3) is 7.47. The number of hydrogen-bond donors (Lipinski definition) is 0. The lowest BCUT2D eigenvalue weighted by atomic mass is 9.85. The maximum atomic E-state index is 2.62. The molecule has 1 heterocycles. The summed E-state index contributed by atoms with van der Waals surface area (Å²) in [5, 5.41) is 9.96. The van der Waals surface area contributed by atoms with Crippen LogP contribution in [0.1, 0.15) is 52.7 Å². The summed E-state index contributed by atoms with van der Waals surface area (Å²) in [6, 6.07) is 90.6. The number of hydrogen-bond acceptors (Lipinski definition) is 1. The molecule has 0 fully saturated rings. The lowest BCUT2D eigenvalue weighted by Crippen LogP contribution is -2.15. The first-order valence-electron chi connectivity index (χ1n) is 26.1. The summed E-state index contributed by atoms with van der Waals surface area (Å²) in [5.41, 5.74) is 18.9. The second-order valence-corrected chi connectivity index (χ2v) is 22.1. The SMILES string of the molecule is CC(C)(C)c1ccc2c(c1)c1cc(C(C)(C)C)ccc1n2-c1ccc2ccc3c(N(c4c(-c5ccccc5)cccc4-c4ccccc4)c4c(-c5ccccc5)cccc4-c4ccccc4)ccc4ccc1c2c43. The molecular formula is C72H58N2. The molecule has 0 amide bonds. The first kappa shape index (κ1) is 45.2. The Bertz CT molecular complexity index is 3920.